The summed E-state index contributed by atoms with van der Waals surface area (Å²) in [5.41, 5.74) is 5.59. The van der Waals surface area contributed by atoms with Crippen molar-refractivity contribution in [2.24, 2.45) is 11.7 Å². The van der Waals surface area contributed by atoms with Crippen molar-refractivity contribution in [2.45, 2.75) is 70.1 Å². The summed E-state index contributed by atoms with van der Waals surface area (Å²) >= 11 is 1.99. The fourth-order valence-electron chi connectivity index (χ4n) is 2.91. The fraction of sp³-hybridized carbons (Fsp3) is 0.933. The van der Waals surface area contributed by atoms with Crippen LogP contribution in [-0.2, 0) is 4.79 Å². The van der Waals surface area contributed by atoms with Crippen LogP contribution in [0, 0.1) is 5.92 Å². The van der Waals surface area contributed by atoms with Crippen molar-refractivity contribution in [1.82, 2.24) is 5.32 Å². The molecule has 0 saturated heterocycles. The molecule has 19 heavy (non-hydrogen) atoms. The maximum Gasteiger partial charge on any atom is 0.220 e. The van der Waals surface area contributed by atoms with E-state index in [1.807, 2.05) is 11.8 Å². The van der Waals surface area contributed by atoms with Crippen LogP contribution in [0.2, 0.25) is 0 Å². The molecular weight excluding hydrogens is 256 g/mol. The molecule has 1 aliphatic rings. The Balaban J connectivity index is 2.26. The Bertz CT molecular complexity index is 261. The molecule has 0 aromatic carbocycles. The van der Waals surface area contributed by atoms with Gasteiger partial charge in [0.25, 0.3) is 0 Å². The van der Waals surface area contributed by atoms with E-state index in [4.69, 9.17) is 5.73 Å². The van der Waals surface area contributed by atoms with Crippen LogP contribution in [0.25, 0.3) is 0 Å². The quantitative estimate of drug-likeness (QED) is 0.685. The Morgan fingerprint density at radius 3 is 2.79 bits per heavy atom. The molecule has 4 heteroatoms. The second kappa shape index (κ2) is 9.65. The first-order valence-electron chi connectivity index (χ1n) is 7.82. The number of carbonyl (C=O) groups excluding carboxylic acids is 1. The molecule has 3 N–H and O–H groups in total. The summed E-state index contributed by atoms with van der Waals surface area (Å²) in [4.78, 5) is 12.0. The zero-order valence-electron chi connectivity index (χ0n) is 12.5. The van der Waals surface area contributed by atoms with Gasteiger partial charge in [0.1, 0.15) is 0 Å². The van der Waals surface area contributed by atoms with Gasteiger partial charge < -0.3 is 11.1 Å². The van der Waals surface area contributed by atoms with Gasteiger partial charge >= 0.3 is 0 Å². The zero-order valence-corrected chi connectivity index (χ0v) is 13.3. The minimum Gasteiger partial charge on any atom is -0.352 e. The third-order valence-corrected chi connectivity index (χ3v) is 5.44. The topological polar surface area (TPSA) is 55.1 Å². The van der Waals surface area contributed by atoms with Gasteiger partial charge in [-0.25, -0.2) is 0 Å². The van der Waals surface area contributed by atoms with Crippen LogP contribution in [0.5, 0.6) is 0 Å². The van der Waals surface area contributed by atoms with Crippen molar-refractivity contribution < 1.29 is 4.79 Å². The van der Waals surface area contributed by atoms with Gasteiger partial charge in [-0.3, -0.25) is 4.79 Å². The molecular formula is C15H30N2OS. The Kier molecular flexibility index (Phi) is 8.55. The van der Waals surface area contributed by atoms with Crippen molar-refractivity contribution in [3.63, 3.8) is 0 Å². The Hall–Kier alpha value is -0.220. The summed E-state index contributed by atoms with van der Waals surface area (Å²) < 4.78 is 0. The standard InChI is InChI=1S/C15H30N2OS/c1-3-12(10-11-16)8-9-15(18)17-13-6-5-7-14(13)19-4-2/h12-14H,3-11,16H2,1-2H3,(H,17,18). The molecule has 1 rings (SSSR count). The minimum atomic E-state index is 0.240. The van der Waals surface area contributed by atoms with E-state index in [1.54, 1.807) is 0 Å². The summed E-state index contributed by atoms with van der Waals surface area (Å²) in [6, 6.07) is 0.409. The van der Waals surface area contributed by atoms with Gasteiger partial charge in [-0.05, 0) is 43.9 Å². The summed E-state index contributed by atoms with van der Waals surface area (Å²) in [6.07, 6.45) is 7.49. The molecule has 3 atom stereocenters. The number of hydrogen-bond donors (Lipinski definition) is 2. The van der Waals surface area contributed by atoms with Crippen LogP contribution in [0.15, 0.2) is 0 Å². The molecule has 3 nitrogen and oxygen atoms in total. The summed E-state index contributed by atoms with van der Waals surface area (Å²) in [5, 5.41) is 3.88. The molecule has 1 amide bonds. The van der Waals surface area contributed by atoms with E-state index in [0.717, 1.165) is 38.0 Å². The molecule has 1 saturated carbocycles. The Morgan fingerprint density at radius 2 is 2.16 bits per heavy atom. The Morgan fingerprint density at radius 1 is 1.37 bits per heavy atom. The third-order valence-electron chi connectivity index (χ3n) is 4.11. The number of amides is 1. The monoisotopic (exact) mass is 286 g/mol. The summed E-state index contributed by atoms with van der Waals surface area (Å²) in [6.45, 7) is 5.11. The van der Waals surface area contributed by atoms with Gasteiger partial charge in [-0.1, -0.05) is 26.7 Å². The van der Waals surface area contributed by atoms with E-state index >= 15 is 0 Å². The molecule has 0 spiro atoms. The maximum absolute atomic E-state index is 12.0. The van der Waals surface area contributed by atoms with Crippen molar-refractivity contribution in [3.05, 3.63) is 0 Å². The van der Waals surface area contributed by atoms with Crippen LogP contribution in [0.3, 0.4) is 0 Å². The van der Waals surface area contributed by atoms with Crippen LogP contribution in [0.1, 0.15) is 58.8 Å². The average Bonchev–Trinajstić information content (AvgIpc) is 2.82. The third kappa shape index (κ3) is 6.17. The molecule has 0 radical (unpaired) electrons. The lowest BCUT2D eigenvalue weighted by Crippen LogP contribution is -2.38. The van der Waals surface area contributed by atoms with E-state index in [2.05, 4.69) is 19.2 Å². The van der Waals surface area contributed by atoms with Crippen molar-refractivity contribution in [1.29, 1.82) is 0 Å². The van der Waals surface area contributed by atoms with Crippen LogP contribution in [-0.4, -0.2) is 29.5 Å². The molecule has 112 valence electrons. The first-order chi connectivity index (χ1) is 9.21. The zero-order chi connectivity index (χ0) is 14.1. The molecule has 0 bridgehead atoms. The first kappa shape index (κ1) is 16.8. The molecule has 3 unspecified atom stereocenters. The highest BCUT2D eigenvalue weighted by atomic mass is 32.2. The van der Waals surface area contributed by atoms with Gasteiger partial charge in [0, 0.05) is 17.7 Å². The van der Waals surface area contributed by atoms with Gasteiger partial charge in [0.2, 0.25) is 5.91 Å². The number of carbonyl (C=O) groups is 1. The van der Waals surface area contributed by atoms with Gasteiger partial charge in [-0.2, -0.15) is 11.8 Å². The molecule has 0 heterocycles. The number of rotatable bonds is 9. The highest BCUT2D eigenvalue weighted by Crippen LogP contribution is 2.30. The number of nitrogens with two attached hydrogens (primary N) is 1. The van der Waals surface area contributed by atoms with Crippen molar-refractivity contribution >= 4 is 17.7 Å². The van der Waals surface area contributed by atoms with Crippen molar-refractivity contribution in [2.75, 3.05) is 12.3 Å². The highest BCUT2D eigenvalue weighted by molar-refractivity contribution is 7.99. The fourth-order valence-corrected chi connectivity index (χ4v) is 4.11. The summed E-state index contributed by atoms with van der Waals surface area (Å²) in [5.74, 6) is 2.00. The predicted molar refractivity (Wildman–Crippen MR) is 84.4 cm³/mol. The lowest BCUT2D eigenvalue weighted by atomic mass is 9.96. The number of hydrogen-bond acceptors (Lipinski definition) is 3. The van der Waals surface area contributed by atoms with Gasteiger partial charge in [-0.15, -0.1) is 0 Å². The van der Waals surface area contributed by atoms with Crippen molar-refractivity contribution in [3.8, 4) is 0 Å². The SMILES string of the molecule is CCSC1CCCC1NC(=O)CCC(CC)CCN. The molecule has 1 fully saturated rings. The number of nitrogens with one attached hydrogen (secondary N) is 1. The smallest absolute Gasteiger partial charge is 0.220 e. The lowest BCUT2D eigenvalue weighted by Gasteiger charge is -2.21. The normalized spacial score (nSPS) is 24.4. The molecule has 0 aromatic rings. The second-order valence-electron chi connectivity index (χ2n) is 5.49. The van der Waals surface area contributed by atoms with E-state index in [1.165, 1.54) is 12.8 Å². The molecule has 0 aliphatic heterocycles. The summed E-state index contributed by atoms with van der Waals surface area (Å²) in [7, 11) is 0. The van der Waals surface area contributed by atoms with Crippen LogP contribution >= 0.6 is 11.8 Å². The first-order valence-corrected chi connectivity index (χ1v) is 8.87. The molecule has 1 aliphatic carbocycles. The van der Waals surface area contributed by atoms with E-state index < -0.39 is 0 Å². The Labute approximate surface area is 122 Å². The van der Waals surface area contributed by atoms with Gasteiger partial charge in [0.15, 0.2) is 0 Å². The van der Waals surface area contributed by atoms with E-state index in [-0.39, 0.29) is 5.91 Å². The van der Waals surface area contributed by atoms with E-state index in [9.17, 15) is 4.79 Å². The van der Waals surface area contributed by atoms with Crippen LogP contribution in [0.4, 0.5) is 0 Å². The lowest BCUT2D eigenvalue weighted by molar-refractivity contribution is -0.122. The maximum atomic E-state index is 12.0. The van der Waals surface area contributed by atoms with E-state index in [0.29, 0.717) is 23.6 Å². The predicted octanol–water partition coefficient (Wildman–Crippen LogP) is 2.93. The molecule has 0 aromatic heterocycles. The van der Waals surface area contributed by atoms with Crippen LogP contribution < -0.4 is 11.1 Å². The van der Waals surface area contributed by atoms with Gasteiger partial charge in [0.05, 0.1) is 0 Å². The minimum absolute atomic E-state index is 0.240. The highest BCUT2D eigenvalue weighted by Gasteiger charge is 2.28. The second-order valence-corrected chi connectivity index (χ2v) is 7.01. The number of thioether (sulfide) groups is 1. The largest absolute Gasteiger partial charge is 0.352 e. The average molecular weight is 286 g/mol.